The van der Waals surface area contributed by atoms with Gasteiger partial charge in [-0.3, -0.25) is 0 Å². The van der Waals surface area contributed by atoms with Crippen LogP contribution in [0.5, 0.6) is 5.75 Å². The van der Waals surface area contributed by atoms with Crippen molar-refractivity contribution in [1.82, 2.24) is 10.3 Å². The molecule has 41 heavy (non-hydrogen) atoms. The fourth-order valence-electron chi connectivity index (χ4n) is 5.54. The SMILES string of the molecule is Fc1cc(N2CCCC(NC3CCCCC3Nc3ncc(-c4ccc(OC(F)(F)F)cc4)o3)C2)ccc1C(F)(F)F. The van der Waals surface area contributed by atoms with Gasteiger partial charge in [-0.2, -0.15) is 13.2 Å². The molecule has 13 heteroatoms. The topological polar surface area (TPSA) is 62.6 Å². The van der Waals surface area contributed by atoms with Crippen molar-refractivity contribution >= 4 is 11.7 Å². The molecule has 1 aromatic heterocycles. The van der Waals surface area contributed by atoms with Gasteiger partial charge in [-0.15, -0.1) is 13.2 Å². The zero-order valence-corrected chi connectivity index (χ0v) is 21.9. The van der Waals surface area contributed by atoms with Crippen LogP contribution in [0.2, 0.25) is 0 Å². The van der Waals surface area contributed by atoms with Gasteiger partial charge >= 0.3 is 12.5 Å². The zero-order chi connectivity index (χ0) is 29.2. The first-order valence-corrected chi connectivity index (χ1v) is 13.4. The van der Waals surface area contributed by atoms with Crippen LogP contribution < -0.4 is 20.3 Å². The number of hydrogen-bond acceptors (Lipinski definition) is 6. The Labute approximate surface area is 231 Å². The molecular weight excluding hydrogens is 557 g/mol. The molecule has 1 aliphatic carbocycles. The highest BCUT2D eigenvalue weighted by Crippen LogP contribution is 2.34. The van der Waals surface area contributed by atoms with E-state index in [1.54, 1.807) is 0 Å². The molecule has 6 nitrogen and oxygen atoms in total. The van der Waals surface area contributed by atoms with E-state index in [0.717, 1.165) is 50.7 Å². The Kier molecular flexibility index (Phi) is 8.35. The Bertz CT molecular complexity index is 1310. The Hall–Kier alpha value is -3.48. The Morgan fingerprint density at radius 3 is 2.32 bits per heavy atom. The first-order chi connectivity index (χ1) is 19.4. The average Bonchev–Trinajstić information content (AvgIpc) is 3.37. The largest absolute Gasteiger partial charge is 0.573 e. The third-order valence-corrected chi connectivity index (χ3v) is 7.45. The molecule has 2 N–H and O–H groups in total. The highest BCUT2D eigenvalue weighted by Gasteiger charge is 2.35. The standard InChI is InChI=1S/C28H29F7N4O2/c29-22-14-19(9-12-21(22)27(30,31)32)39-13-3-4-18(16-39)37-23-5-1-2-6-24(23)38-26-36-15-25(40-26)17-7-10-20(11-8-17)41-28(33,34)35/h7-12,14-15,18,23-24,37H,1-6,13,16H2,(H,36,38). The number of anilines is 2. The summed E-state index contributed by atoms with van der Waals surface area (Å²) in [7, 11) is 0. The number of aromatic nitrogens is 1. The van der Waals surface area contributed by atoms with Crippen LogP contribution in [0, 0.1) is 5.82 Å². The van der Waals surface area contributed by atoms with Gasteiger partial charge in [-0.05, 0) is 68.1 Å². The van der Waals surface area contributed by atoms with Gasteiger partial charge < -0.3 is 24.7 Å². The Balaban J connectivity index is 1.20. The number of nitrogens with zero attached hydrogens (tertiary/aromatic N) is 2. The van der Waals surface area contributed by atoms with Crippen LogP contribution in [0.3, 0.4) is 0 Å². The fraction of sp³-hybridized carbons (Fsp3) is 0.464. The summed E-state index contributed by atoms with van der Waals surface area (Å²) in [6.07, 6.45) is -2.54. The van der Waals surface area contributed by atoms with E-state index in [-0.39, 0.29) is 23.9 Å². The van der Waals surface area contributed by atoms with E-state index < -0.39 is 23.9 Å². The maximum absolute atomic E-state index is 14.2. The van der Waals surface area contributed by atoms with Crippen LogP contribution in [-0.2, 0) is 6.18 Å². The number of nitrogens with one attached hydrogen (secondary N) is 2. The lowest BCUT2D eigenvalue weighted by molar-refractivity contribution is -0.274. The van der Waals surface area contributed by atoms with Gasteiger partial charge in [0.1, 0.15) is 11.6 Å². The predicted octanol–water partition coefficient (Wildman–Crippen LogP) is 7.38. The van der Waals surface area contributed by atoms with Crippen molar-refractivity contribution in [3.8, 4) is 17.1 Å². The quantitative estimate of drug-likeness (QED) is 0.282. The first-order valence-electron chi connectivity index (χ1n) is 13.4. The van der Waals surface area contributed by atoms with E-state index in [0.29, 0.717) is 36.1 Å². The third kappa shape index (κ3) is 7.43. The zero-order valence-electron chi connectivity index (χ0n) is 21.9. The molecule has 1 aliphatic heterocycles. The molecule has 1 saturated heterocycles. The van der Waals surface area contributed by atoms with Gasteiger partial charge in [0.05, 0.1) is 11.8 Å². The van der Waals surface area contributed by atoms with Crippen molar-refractivity contribution in [3.05, 3.63) is 60.0 Å². The number of benzene rings is 2. The summed E-state index contributed by atoms with van der Waals surface area (Å²) < 4.78 is 100. The number of alkyl halides is 6. The van der Waals surface area contributed by atoms with Gasteiger partial charge in [0.15, 0.2) is 5.76 Å². The second-order valence-corrected chi connectivity index (χ2v) is 10.4. The van der Waals surface area contributed by atoms with Gasteiger partial charge in [0, 0.05) is 42.5 Å². The van der Waals surface area contributed by atoms with Gasteiger partial charge in [0.2, 0.25) is 0 Å². The molecule has 222 valence electrons. The number of rotatable bonds is 7. The molecule has 0 spiro atoms. The molecule has 2 aliphatic rings. The molecule has 3 atom stereocenters. The maximum atomic E-state index is 14.2. The molecule has 0 amide bonds. The summed E-state index contributed by atoms with van der Waals surface area (Å²) >= 11 is 0. The van der Waals surface area contributed by atoms with Gasteiger partial charge in [-0.1, -0.05) is 12.8 Å². The monoisotopic (exact) mass is 586 g/mol. The minimum atomic E-state index is -4.77. The minimum absolute atomic E-state index is 0.00305. The van der Waals surface area contributed by atoms with Crippen molar-refractivity contribution in [2.24, 2.45) is 0 Å². The molecule has 2 aromatic carbocycles. The summed E-state index contributed by atoms with van der Waals surface area (Å²) in [4.78, 5) is 6.20. The van der Waals surface area contributed by atoms with Crippen LogP contribution in [-0.4, -0.2) is 42.6 Å². The first kappa shape index (κ1) is 29.0. The number of halogens is 7. The van der Waals surface area contributed by atoms with Crippen molar-refractivity contribution in [2.45, 2.75) is 69.2 Å². The third-order valence-electron chi connectivity index (χ3n) is 7.45. The molecule has 3 aromatic rings. The van der Waals surface area contributed by atoms with Crippen molar-refractivity contribution in [1.29, 1.82) is 0 Å². The van der Waals surface area contributed by atoms with Gasteiger partial charge in [-0.25, -0.2) is 9.37 Å². The molecule has 5 rings (SSSR count). The number of oxazole rings is 1. The second-order valence-electron chi connectivity index (χ2n) is 10.4. The van der Waals surface area contributed by atoms with Crippen LogP contribution >= 0.6 is 0 Å². The highest BCUT2D eigenvalue weighted by atomic mass is 19.4. The van der Waals surface area contributed by atoms with Crippen LogP contribution in [0.15, 0.2) is 53.1 Å². The summed E-state index contributed by atoms with van der Waals surface area (Å²) in [5.74, 6) is -1.23. The number of hydrogen-bond donors (Lipinski definition) is 2. The van der Waals surface area contributed by atoms with Crippen LogP contribution in [0.1, 0.15) is 44.1 Å². The number of piperidine rings is 1. The lowest BCUT2D eigenvalue weighted by Crippen LogP contribution is -2.54. The number of ether oxygens (including phenoxy) is 1. The molecule has 3 unspecified atom stereocenters. The van der Waals surface area contributed by atoms with E-state index in [1.165, 1.54) is 36.5 Å². The summed E-state index contributed by atoms with van der Waals surface area (Å²) in [6.45, 7) is 1.16. The Morgan fingerprint density at radius 2 is 1.63 bits per heavy atom. The van der Waals surface area contributed by atoms with Crippen molar-refractivity contribution in [2.75, 3.05) is 23.3 Å². The molecule has 1 saturated carbocycles. The molecule has 2 fully saturated rings. The lowest BCUT2D eigenvalue weighted by Gasteiger charge is -2.40. The average molecular weight is 587 g/mol. The van der Waals surface area contributed by atoms with E-state index in [4.69, 9.17) is 4.42 Å². The molecule has 0 radical (unpaired) electrons. The van der Waals surface area contributed by atoms with E-state index in [9.17, 15) is 30.7 Å². The molecular formula is C28H29F7N4O2. The van der Waals surface area contributed by atoms with Crippen molar-refractivity contribution < 1.29 is 39.9 Å². The minimum Gasteiger partial charge on any atom is -0.424 e. The predicted molar refractivity (Wildman–Crippen MR) is 138 cm³/mol. The Morgan fingerprint density at radius 1 is 0.902 bits per heavy atom. The summed E-state index contributed by atoms with van der Waals surface area (Å²) in [6, 6.07) is 8.78. The van der Waals surface area contributed by atoms with Gasteiger partial charge in [0.25, 0.3) is 6.01 Å². The second kappa shape index (κ2) is 11.8. The summed E-state index contributed by atoms with van der Waals surface area (Å²) in [5.41, 5.74) is -0.308. The molecule has 0 bridgehead atoms. The lowest BCUT2D eigenvalue weighted by atomic mass is 9.89. The highest BCUT2D eigenvalue weighted by molar-refractivity contribution is 5.58. The van der Waals surface area contributed by atoms with Crippen molar-refractivity contribution in [3.63, 3.8) is 0 Å². The van der Waals surface area contributed by atoms with Crippen LogP contribution in [0.25, 0.3) is 11.3 Å². The van der Waals surface area contributed by atoms with Crippen LogP contribution in [0.4, 0.5) is 42.4 Å². The molecule has 2 heterocycles. The fourth-order valence-corrected chi connectivity index (χ4v) is 5.54. The normalized spacial score (nSPS) is 22.0. The maximum Gasteiger partial charge on any atom is 0.573 e. The van der Waals surface area contributed by atoms with E-state index in [1.807, 2.05) is 4.90 Å². The van der Waals surface area contributed by atoms with E-state index in [2.05, 4.69) is 20.4 Å². The smallest absolute Gasteiger partial charge is 0.424 e. The van der Waals surface area contributed by atoms with E-state index >= 15 is 0 Å². The summed E-state index contributed by atoms with van der Waals surface area (Å²) in [5, 5.41) is 7.03.